The summed E-state index contributed by atoms with van der Waals surface area (Å²) in [5, 5.41) is 23.7. The van der Waals surface area contributed by atoms with E-state index in [-0.39, 0.29) is 42.1 Å². The molecule has 0 atom stereocenters. The smallest absolute Gasteiger partial charge is 0.401 e. The van der Waals surface area contributed by atoms with Gasteiger partial charge < -0.3 is 37.4 Å². The maximum Gasteiger partial charge on any atom is 0.401 e. The lowest BCUT2D eigenvalue weighted by Gasteiger charge is -2.33. The summed E-state index contributed by atoms with van der Waals surface area (Å²) < 4.78 is 77.8. The summed E-state index contributed by atoms with van der Waals surface area (Å²) >= 11 is 25.0. The lowest BCUT2D eigenvalue weighted by atomic mass is 9.84. The van der Waals surface area contributed by atoms with Gasteiger partial charge in [0.25, 0.3) is 0 Å². The molecule has 3 fully saturated rings. The number of nitrogen functional groups attached to an aromatic ring is 2. The Balaban J connectivity index is 0.000000196. The molecule has 0 spiro atoms. The minimum Gasteiger partial charge on any atom is -0.481 e. The predicted molar refractivity (Wildman–Crippen MR) is 345 cm³/mol. The predicted octanol–water partition coefficient (Wildman–Crippen LogP) is 15.9. The molecule has 3 aliphatic heterocycles. The van der Waals surface area contributed by atoms with E-state index in [4.69, 9.17) is 68.0 Å². The third kappa shape index (κ3) is 17.0. The van der Waals surface area contributed by atoms with Crippen LogP contribution in [0.5, 0.6) is 0 Å². The number of anilines is 6. The number of piperidine rings is 2. The Labute approximate surface area is 531 Å². The number of alkyl halides is 6. The highest BCUT2D eigenvalue weighted by atomic mass is 35.5. The van der Waals surface area contributed by atoms with Crippen molar-refractivity contribution in [3.63, 3.8) is 0 Å². The molecule has 1 amide bonds. The van der Waals surface area contributed by atoms with Gasteiger partial charge >= 0.3 is 18.3 Å². The molecule has 89 heavy (non-hydrogen) atoms. The van der Waals surface area contributed by atoms with Crippen molar-refractivity contribution >= 4 is 114 Å². The number of likely N-dealkylation sites (tertiary alicyclic amines) is 2. The highest BCUT2D eigenvalue weighted by Gasteiger charge is 2.35. The highest BCUT2D eigenvalue weighted by Crippen LogP contribution is 2.43. The van der Waals surface area contributed by atoms with Gasteiger partial charge in [-0.3, -0.25) is 19.4 Å². The Kier molecular flexibility index (Phi) is 20.6. The average molecular weight is 1300 g/mol. The van der Waals surface area contributed by atoms with Crippen LogP contribution in [-0.2, 0) is 9.59 Å². The Bertz CT molecular complexity index is 3680. The number of nitrogens with one attached hydrogen (secondary N) is 3. The van der Waals surface area contributed by atoms with Gasteiger partial charge in [-0.25, -0.2) is 9.97 Å². The van der Waals surface area contributed by atoms with Crippen molar-refractivity contribution in [2.45, 2.75) is 87.6 Å². The Hall–Kier alpha value is -7.26. The van der Waals surface area contributed by atoms with Gasteiger partial charge in [0.15, 0.2) is 0 Å². The number of amides is 1. The fourth-order valence-electron chi connectivity index (χ4n) is 12.2. The number of carbonyl (C=O) groups is 2. The summed E-state index contributed by atoms with van der Waals surface area (Å²) in [6.45, 7) is 0.474. The molecule has 468 valence electrons. The van der Waals surface area contributed by atoms with Gasteiger partial charge in [0.1, 0.15) is 11.6 Å². The summed E-state index contributed by atoms with van der Waals surface area (Å²) in [5.41, 5.74) is 22.5. The number of nitrogens with zero attached hydrogens (tertiary/aromatic N) is 5. The number of halogens is 10. The second-order valence-electron chi connectivity index (χ2n) is 22.9. The SMILES string of the molecule is Nc1cc(NC2CCN(CC(F)(F)F)CC2)c2cc(C(c3ccc(Cl)cc3)c3ccc(Cl)cc3)cc(N3CCCC3=O)c2n1.Nc1cc(NC2CCN(CC(F)(F)F)CC2)c2cc(C(c3ccc(Cl)cc3)c3ccc(Cl)cc3)cc(NCCCC(=O)O)c2n1. The number of hydrogen-bond donors (Lipinski definition) is 6. The molecule has 0 bridgehead atoms. The van der Waals surface area contributed by atoms with Crippen LogP contribution in [0, 0.1) is 0 Å². The van der Waals surface area contributed by atoms with Crippen LogP contribution in [0.3, 0.4) is 0 Å². The van der Waals surface area contributed by atoms with Crippen LogP contribution in [0.1, 0.15) is 96.6 Å². The average Bonchev–Trinajstić information content (AvgIpc) is 1.52. The van der Waals surface area contributed by atoms with E-state index in [0.29, 0.717) is 126 Å². The fourth-order valence-corrected chi connectivity index (χ4v) is 12.7. The number of rotatable bonds is 18. The lowest BCUT2D eigenvalue weighted by molar-refractivity contribution is -0.148. The minimum absolute atomic E-state index is 0.0121. The molecule has 13 nitrogen and oxygen atoms in total. The summed E-state index contributed by atoms with van der Waals surface area (Å²) in [6.07, 6.45) is -4.66. The fraction of sp³-hybridized carbons (Fsp3) is 0.333. The topological polar surface area (TPSA) is 178 Å². The Morgan fingerprint density at radius 2 is 0.944 bits per heavy atom. The zero-order chi connectivity index (χ0) is 63.1. The molecule has 0 unspecified atom stereocenters. The largest absolute Gasteiger partial charge is 0.481 e. The van der Waals surface area contributed by atoms with Gasteiger partial charge in [-0.2, -0.15) is 26.3 Å². The van der Waals surface area contributed by atoms with Crippen molar-refractivity contribution in [2.75, 3.05) is 84.7 Å². The number of hydrogen-bond acceptors (Lipinski definition) is 11. The van der Waals surface area contributed by atoms with Crippen LogP contribution in [0.2, 0.25) is 20.1 Å². The first-order valence-corrected chi connectivity index (χ1v) is 30.9. The third-order valence-corrected chi connectivity index (χ3v) is 17.3. The molecule has 2 aromatic heterocycles. The van der Waals surface area contributed by atoms with Crippen LogP contribution >= 0.6 is 46.4 Å². The number of aliphatic carboxylic acids is 1. The molecular formula is C66H66Cl4F6N10O3. The minimum atomic E-state index is -4.23. The number of pyridine rings is 2. The number of nitrogens with two attached hydrogens (primary N) is 2. The molecule has 3 saturated heterocycles. The van der Waals surface area contributed by atoms with E-state index in [1.54, 1.807) is 17.0 Å². The van der Waals surface area contributed by atoms with Gasteiger partial charge in [0.05, 0.1) is 35.5 Å². The molecule has 8 aromatic rings. The highest BCUT2D eigenvalue weighted by molar-refractivity contribution is 6.31. The van der Waals surface area contributed by atoms with E-state index in [9.17, 15) is 35.9 Å². The van der Waals surface area contributed by atoms with Crippen molar-refractivity contribution in [3.05, 3.63) is 187 Å². The van der Waals surface area contributed by atoms with Gasteiger partial charge in [-0.05, 0) is 145 Å². The molecule has 3 aliphatic rings. The van der Waals surface area contributed by atoms with Crippen molar-refractivity contribution in [1.82, 2.24) is 19.8 Å². The standard InChI is InChI=1S/C33H34Cl2F3N5O2.C33H32Cl2F3N5O/c34-23-7-3-20(4-8-23)31(21-5-9-24(35)10-6-21)22-16-26-27(41-25-11-14-43(15-12-25)19-33(36,37)38)18-29(39)42-32(26)28(17-22)40-13-1-2-30(44)45;34-23-7-3-20(4-8-23)31(21-5-9-24(35)10-6-21)22-16-26-27(40-25-11-14-42(15-12-25)19-33(36,37)38)18-29(39)41-32(26)28(17-22)43-13-1-2-30(43)44/h3-10,16-18,25,31,40H,1-2,11-15,19H2,(H,44,45)(H3,39,41,42);3-10,16-18,25,31H,1-2,11-15,19H2,(H3,39,40,41). The zero-order valence-corrected chi connectivity index (χ0v) is 51.3. The normalized spacial score (nSPS) is 15.7. The van der Waals surface area contributed by atoms with Crippen LogP contribution in [0.4, 0.5) is 60.7 Å². The van der Waals surface area contributed by atoms with Crippen molar-refractivity contribution in [3.8, 4) is 0 Å². The maximum absolute atomic E-state index is 13.1. The molecular weight excluding hydrogens is 1240 g/mol. The van der Waals surface area contributed by atoms with Crippen LogP contribution < -0.4 is 32.3 Å². The van der Waals surface area contributed by atoms with Crippen LogP contribution in [0.15, 0.2) is 133 Å². The summed E-state index contributed by atoms with van der Waals surface area (Å²) in [4.78, 5) is 38.2. The molecule has 5 heterocycles. The molecule has 8 N–H and O–H groups in total. The van der Waals surface area contributed by atoms with E-state index in [2.05, 4.69) is 33.1 Å². The number of carboxylic acid groups (broad SMARTS) is 1. The monoisotopic (exact) mass is 1300 g/mol. The van der Waals surface area contributed by atoms with E-state index in [1.807, 2.05) is 109 Å². The lowest BCUT2D eigenvalue weighted by Crippen LogP contribution is -2.43. The number of carbonyl (C=O) groups excluding carboxylic acids is 1. The van der Waals surface area contributed by atoms with Crippen LogP contribution in [-0.4, -0.2) is 114 Å². The second-order valence-corrected chi connectivity index (χ2v) is 24.6. The molecule has 0 radical (unpaired) electrons. The Morgan fingerprint density at radius 3 is 1.33 bits per heavy atom. The second kappa shape index (κ2) is 28.3. The van der Waals surface area contributed by atoms with Crippen molar-refractivity contribution in [2.24, 2.45) is 0 Å². The van der Waals surface area contributed by atoms with E-state index in [0.717, 1.165) is 61.9 Å². The quantitative estimate of drug-likeness (QED) is 0.0273. The van der Waals surface area contributed by atoms with Gasteiger partial charge in [0, 0.05) is 130 Å². The first-order chi connectivity index (χ1) is 42.5. The van der Waals surface area contributed by atoms with Crippen LogP contribution in [0.25, 0.3) is 21.8 Å². The van der Waals surface area contributed by atoms with Gasteiger partial charge in [-0.1, -0.05) is 94.9 Å². The first-order valence-electron chi connectivity index (χ1n) is 29.4. The number of carboxylic acids is 1. The van der Waals surface area contributed by atoms with Gasteiger partial charge in [-0.15, -0.1) is 0 Å². The van der Waals surface area contributed by atoms with Crippen molar-refractivity contribution in [1.29, 1.82) is 0 Å². The van der Waals surface area contributed by atoms with E-state index >= 15 is 0 Å². The Morgan fingerprint density at radius 1 is 0.551 bits per heavy atom. The molecule has 6 aromatic carbocycles. The zero-order valence-electron chi connectivity index (χ0n) is 48.3. The number of aromatic nitrogens is 2. The molecule has 0 aliphatic carbocycles. The maximum atomic E-state index is 13.1. The summed E-state index contributed by atoms with van der Waals surface area (Å²) in [5.74, 6) is -0.722. The first kappa shape index (κ1) is 64.7. The molecule has 0 saturated carbocycles. The van der Waals surface area contributed by atoms with Gasteiger partial charge in [0.2, 0.25) is 5.91 Å². The van der Waals surface area contributed by atoms with Crippen molar-refractivity contribution < 1.29 is 41.0 Å². The molecule has 11 rings (SSSR count). The third-order valence-electron chi connectivity index (χ3n) is 16.3. The van der Waals surface area contributed by atoms with E-state index < -0.39 is 31.4 Å². The summed E-state index contributed by atoms with van der Waals surface area (Å²) in [7, 11) is 0. The summed E-state index contributed by atoms with van der Waals surface area (Å²) in [6, 6.07) is 42.2. The number of benzene rings is 6. The number of fused-ring (bicyclic) bond motifs is 2. The van der Waals surface area contributed by atoms with E-state index in [1.165, 1.54) is 9.80 Å². The molecule has 23 heteroatoms.